The zero-order valence-corrected chi connectivity index (χ0v) is 11.0. The highest BCUT2D eigenvalue weighted by Crippen LogP contribution is 2.22. The van der Waals surface area contributed by atoms with Gasteiger partial charge in [-0.3, -0.25) is 0 Å². The van der Waals surface area contributed by atoms with E-state index in [2.05, 4.69) is 39.1 Å². The van der Waals surface area contributed by atoms with Crippen molar-refractivity contribution < 1.29 is 4.74 Å². The van der Waals surface area contributed by atoms with Crippen LogP contribution in [0, 0.1) is 12.3 Å². The molecule has 0 bridgehead atoms. The van der Waals surface area contributed by atoms with Crippen LogP contribution < -0.4 is 10.1 Å². The number of nitrogens with one attached hydrogen (secondary N) is 1. The second-order valence-electron chi connectivity index (χ2n) is 5.28. The molecule has 0 aliphatic rings. The Hall–Kier alpha value is -1.02. The molecule has 0 saturated heterocycles. The van der Waals surface area contributed by atoms with E-state index in [0.717, 1.165) is 5.75 Å². The van der Waals surface area contributed by atoms with Gasteiger partial charge in [-0.2, -0.15) is 0 Å². The van der Waals surface area contributed by atoms with Crippen LogP contribution in [0.1, 0.15) is 26.3 Å². The van der Waals surface area contributed by atoms with E-state index in [-0.39, 0.29) is 5.41 Å². The Morgan fingerprint density at radius 2 is 1.88 bits per heavy atom. The first kappa shape index (κ1) is 13.0. The van der Waals surface area contributed by atoms with Crippen LogP contribution in [-0.4, -0.2) is 19.7 Å². The highest BCUT2D eigenvalue weighted by atomic mass is 16.5. The molecule has 0 aromatic heterocycles. The fourth-order valence-electron chi connectivity index (χ4n) is 1.66. The minimum absolute atomic E-state index is 0.206. The zero-order valence-electron chi connectivity index (χ0n) is 11.0. The molecule has 0 amide bonds. The van der Waals surface area contributed by atoms with Crippen LogP contribution in [0.2, 0.25) is 0 Å². The van der Waals surface area contributed by atoms with Crippen LogP contribution in [0.3, 0.4) is 0 Å². The van der Waals surface area contributed by atoms with Crippen LogP contribution >= 0.6 is 0 Å². The molecule has 0 aliphatic heterocycles. The molecule has 0 saturated carbocycles. The van der Waals surface area contributed by atoms with E-state index in [4.69, 9.17) is 4.74 Å². The minimum Gasteiger partial charge on any atom is -0.492 e. The first-order chi connectivity index (χ1) is 7.45. The van der Waals surface area contributed by atoms with Gasteiger partial charge < -0.3 is 10.1 Å². The van der Waals surface area contributed by atoms with Crippen molar-refractivity contribution in [3.63, 3.8) is 0 Å². The van der Waals surface area contributed by atoms with Gasteiger partial charge in [0.25, 0.3) is 0 Å². The Bertz CT molecular complexity index is 328. The summed E-state index contributed by atoms with van der Waals surface area (Å²) in [6.07, 6.45) is 0. The Labute approximate surface area is 99.0 Å². The first-order valence-corrected chi connectivity index (χ1v) is 5.81. The molecular weight excluding hydrogens is 198 g/mol. The quantitative estimate of drug-likeness (QED) is 0.844. The molecule has 1 aromatic carbocycles. The summed E-state index contributed by atoms with van der Waals surface area (Å²) in [6.45, 7) is 9.42. The third-order valence-corrected chi connectivity index (χ3v) is 2.89. The normalized spacial score (nSPS) is 13.6. The van der Waals surface area contributed by atoms with Gasteiger partial charge in [0.2, 0.25) is 0 Å². The molecule has 0 spiro atoms. The summed E-state index contributed by atoms with van der Waals surface area (Å²) in [4.78, 5) is 0. The summed E-state index contributed by atoms with van der Waals surface area (Å²) in [5, 5.41) is 3.31. The lowest BCUT2D eigenvalue weighted by molar-refractivity contribution is 0.181. The van der Waals surface area contributed by atoms with Gasteiger partial charge in [0.05, 0.1) is 0 Å². The van der Waals surface area contributed by atoms with Gasteiger partial charge in [-0.05, 0) is 31.0 Å². The highest BCUT2D eigenvalue weighted by Gasteiger charge is 2.23. The molecule has 2 nitrogen and oxygen atoms in total. The van der Waals surface area contributed by atoms with E-state index < -0.39 is 0 Å². The summed E-state index contributed by atoms with van der Waals surface area (Å²) < 4.78 is 5.85. The van der Waals surface area contributed by atoms with Crippen LogP contribution in [0.15, 0.2) is 24.3 Å². The van der Waals surface area contributed by atoms with Crippen molar-refractivity contribution in [2.75, 3.05) is 13.7 Å². The lowest BCUT2D eigenvalue weighted by Crippen LogP contribution is -2.42. The van der Waals surface area contributed by atoms with Crippen molar-refractivity contribution in [3.05, 3.63) is 29.8 Å². The topological polar surface area (TPSA) is 21.3 Å². The Balaban J connectivity index is 2.60. The van der Waals surface area contributed by atoms with Crippen molar-refractivity contribution in [3.8, 4) is 5.75 Å². The smallest absolute Gasteiger partial charge is 0.122 e. The third-order valence-electron chi connectivity index (χ3n) is 2.89. The number of ether oxygens (including phenoxy) is 1. The van der Waals surface area contributed by atoms with Gasteiger partial charge >= 0.3 is 0 Å². The van der Waals surface area contributed by atoms with Crippen molar-refractivity contribution in [1.82, 2.24) is 5.32 Å². The maximum atomic E-state index is 5.85. The summed E-state index contributed by atoms with van der Waals surface area (Å²) >= 11 is 0. The number of benzene rings is 1. The molecular formula is C14H23NO. The number of para-hydroxylation sites is 1. The highest BCUT2D eigenvalue weighted by molar-refractivity contribution is 5.31. The van der Waals surface area contributed by atoms with Gasteiger partial charge in [-0.1, -0.05) is 39.0 Å². The van der Waals surface area contributed by atoms with Crippen molar-refractivity contribution in [2.24, 2.45) is 5.41 Å². The molecule has 1 atom stereocenters. The molecule has 0 heterocycles. The minimum atomic E-state index is 0.206. The van der Waals surface area contributed by atoms with Gasteiger partial charge in [-0.15, -0.1) is 0 Å². The third kappa shape index (κ3) is 3.53. The van der Waals surface area contributed by atoms with Gasteiger partial charge in [0.1, 0.15) is 12.4 Å². The average molecular weight is 221 g/mol. The maximum Gasteiger partial charge on any atom is 0.122 e. The standard InChI is InChI=1S/C14H23NO/c1-11-8-6-7-9-12(11)16-10-13(15-5)14(2,3)4/h6-9,13,15H,10H2,1-5H3. The molecule has 1 aromatic rings. The molecule has 1 N–H and O–H groups in total. The summed E-state index contributed by atoms with van der Waals surface area (Å²) in [6, 6.07) is 8.48. The largest absolute Gasteiger partial charge is 0.492 e. The van der Waals surface area contributed by atoms with E-state index in [1.165, 1.54) is 5.56 Å². The number of hydrogen-bond acceptors (Lipinski definition) is 2. The summed E-state index contributed by atoms with van der Waals surface area (Å²) in [5.74, 6) is 0.979. The molecule has 1 unspecified atom stereocenters. The van der Waals surface area contributed by atoms with Crippen molar-refractivity contribution >= 4 is 0 Å². The van der Waals surface area contributed by atoms with Crippen LogP contribution in [-0.2, 0) is 0 Å². The van der Waals surface area contributed by atoms with E-state index in [1.807, 2.05) is 25.2 Å². The number of likely N-dealkylation sites (N-methyl/N-ethyl adjacent to an activating group) is 1. The number of rotatable bonds is 4. The maximum absolute atomic E-state index is 5.85. The Morgan fingerprint density at radius 3 is 2.38 bits per heavy atom. The van der Waals surface area contributed by atoms with E-state index >= 15 is 0 Å². The Morgan fingerprint density at radius 1 is 1.25 bits per heavy atom. The lowest BCUT2D eigenvalue weighted by Gasteiger charge is -2.30. The fraction of sp³-hybridized carbons (Fsp3) is 0.571. The van der Waals surface area contributed by atoms with Gasteiger partial charge in [-0.25, -0.2) is 0 Å². The number of aryl methyl sites for hydroxylation is 1. The molecule has 1 rings (SSSR count). The SMILES string of the molecule is CNC(COc1ccccc1C)C(C)(C)C. The second-order valence-corrected chi connectivity index (χ2v) is 5.28. The first-order valence-electron chi connectivity index (χ1n) is 5.81. The predicted molar refractivity (Wildman–Crippen MR) is 69.0 cm³/mol. The van der Waals surface area contributed by atoms with E-state index in [9.17, 15) is 0 Å². The van der Waals surface area contributed by atoms with Gasteiger partial charge in [0, 0.05) is 6.04 Å². The molecule has 90 valence electrons. The molecule has 0 fully saturated rings. The van der Waals surface area contributed by atoms with Crippen LogP contribution in [0.25, 0.3) is 0 Å². The predicted octanol–water partition coefficient (Wildman–Crippen LogP) is 3.01. The Kier molecular flexibility index (Phi) is 4.36. The zero-order chi connectivity index (χ0) is 12.2. The summed E-state index contributed by atoms with van der Waals surface area (Å²) in [5.41, 5.74) is 1.39. The average Bonchev–Trinajstić information content (AvgIpc) is 2.19. The van der Waals surface area contributed by atoms with E-state index in [0.29, 0.717) is 12.6 Å². The summed E-state index contributed by atoms with van der Waals surface area (Å²) in [7, 11) is 1.98. The second kappa shape index (κ2) is 5.35. The fourth-order valence-corrected chi connectivity index (χ4v) is 1.66. The van der Waals surface area contributed by atoms with Crippen LogP contribution in [0.5, 0.6) is 5.75 Å². The number of hydrogen-bond donors (Lipinski definition) is 1. The van der Waals surface area contributed by atoms with Crippen molar-refractivity contribution in [1.29, 1.82) is 0 Å². The van der Waals surface area contributed by atoms with Gasteiger partial charge in [0.15, 0.2) is 0 Å². The molecule has 2 heteroatoms. The lowest BCUT2D eigenvalue weighted by atomic mass is 9.87. The van der Waals surface area contributed by atoms with Crippen molar-refractivity contribution in [2.45, 2.75) is 33.7 Å². The molecule has 0 aliphatic carbocycles. The monoisotopic (exact) mass is 221 g/mol. The molecule has 16 heavy (non-hydrogen) atoms. The van der Waals surface area contributed by atoms with Crippen LogP contribution in [0.4, 0.5) is 0 Å². The molecule has 0 radical (unpaired) electrons. The van der Waals surface area contributed by atoms with E-state index in [1.54, 1.807) is 0 Å².